The maximum absolute atomic E-state index is 5.97. The molecule has 1 aromatic heterocycles. The summed E-state index contributed by atoms with van der Waals surface area (Å²) >= 11 is 5.97. The molecule has 3 nitrogen and oxygen atoms in total. The van der Waals surface area contributed by atoms with Crippen LogP contribution in [0.4, 0.5) is 5.69 Å². The van der Waals surface area contributed by atoms with Gasteiger partial charge in [0.25, 0.3) is 0 Å². The van der Waals surface area contributed by atoms with Gasteiger partial charge >= 0.3 is 0 Å². The van der Waals surface area contributed by atoms with Crippen LogP contribution in [0.25, 0.3) is 11.3 Å². The number of ether oxygens (including phenoxy) is 1. The van der Waals surface area contributed by atoms with Crippen molar-refractivity contribution in [3.63, 3.8) is 0 Å². The minimum absolute atomic E-state index is 0.571. The Kier molecular flexibility index (Phi) is 3.20. The van der Waals surface area contributed by atoms with Crippen molar-refractivity contribution in [3.8, 4) is 17.0 Å². The topological polar surface area (TPSA) is 48.1 Å². The molecule has 0 aliphatic carbocycles. The summed E-state index contributed by atoms with van der Waals surface area (Å²) in [6, 6.07) is 7.37. The molecule has 0 bridgehead atoms. The van der Waals surface area contributed by atoms with Crippen LogP contribution < -0.4 is 10.5 Å². The summed E-state index contributed by atoms with van der Waals surface area (Å²) < 4.78 is 5.17. The van der Waals surface area contributed by atoms with Gasteiger partial charge in [-0.3, -0.25) is 4.98 Å². The number of anilines is 1. The zero-order valence-corrected chi connectivity index (χ0v) is 10.5. The third kappa shape index (κ3) is 2.34. The lowest BCUT2D eigenvalue weighted by Gasteiger charge is -2.08. The van der Waals surface area contributed by atoms with Crippen LogP contribution in [-0.4, -0.2) is 12.1 Å². The van der Waals surface area contributed by atoms with E-state index in [0.29, 0.717) is 16.5 Å². The van der Waals surface area contributed by atoms with E-state index >= 15 is 0 Å². The van der Waals surface area contributed by atoms with Gasteiger partial charge in [0.1, 0.15) is 5.75 Å². The number of methoxy groups -OCH3 is 1. The van der Waals surface area contributed by atoms with E-state index in [4.69, 9.17) is 22.1 Å². The molecule has 88 valence electrons. The van der Waals surface area contributed by atoms with Crippen LogP contribution in [0.3, 0.4) is 0 Å². The lowest BCUT2D eigenvalue weighted by molar-refractivity contribution is 0.415. The summed E-state index contributed by atoms with van der Waals surface area (Å²) in [7, 11) is 1.58. The van der Waals surface area contributed by atoms with E-state index in [0.717, 1.165) is 16.8 Å². The van der Waals surface area contributed by atoms with E-state index in [1.807, 2.05) is 25.1 Å². The maximum atomic E-state index is 5.97. The van der Waals surface area contributed by atoms with Gasteiger partial charge in [0.15, 0.2) is 0 Å². The molecule has 0 saturated carbocycles. The van der Waals surface area contributed by atoms with Crippen molar-refractivity contribution >= 4 is 17.3 Å². The van der Waals surface area contributed by atoms with E-state index in [1.54, 1.807) is 19.4 Å². The first kappa shape index (κ1) is 11.7. The van der Waals surface area contributed by atoms with Crippen molar-refractivity contribution in [2.75, 3.05) is 12.8 Å². The number of nitrogens with two attached hydrogens (primary N) is 1. The van der Waals surface area contributed by atoms with Gasteiger partial charge in [-0.15, -0.1) is 0 Å². The first-order chi connectivity index (χ1) is 8.11. The summed E-state index contributed by atoms with van der Waals surface area (Å²) in [5, 5.41) is 0.571. The molecule has 0 radical (unpaired) electrons. The average Bonchev–Trinajstić information content (AvgIpc) is 2.30. The molecule has 2 aromatic rings. The molecule has 0 fully saturated rings. The Morgan fingerprint density at radius 2 is 2.06 bits per heavy atom. The lowest BCUT2D eigenvalue weighted by atomic mass is 10.1. The highest BCUT2D eigenvalue weighted by atomic mass is 35.5. The molecule has 2 rings (SSSR count). The molecule has 0 aliphatic rings. The van der Waals surface area contributed by atoms with Crippen LogP contribution in [0.15, 0.2) is 30.5 Å². The second-order valence-corrected chi connectivity index (χ2v) is 4.21. The maximum Gasteiger partial charge on any atom is 0.138 e. The van der Waals surface area contributed by atoms with Crippen LogP contribution in [0.2, 0.25) is 5.02 Å². The van der Waals surface area contributed by atoms with Gasteiger partial charge in [0, 0.05) is 11.8 Å². The van der Waals surface area contributed by atoms with Gasteiger partial charge < -0.3 is 10.5 Å². The number of hydrogen-bond acceptors (Lipinski definition) is 3. The third-order valence-corrected chi connectivity index (χ3v) is 2.79. The Hall–Kier alpha value is -1.74. The quantitative estimate of drug-likeness (QED) is 0.887. The predicted molar refractivity (Wildman–Crippen MR) is 70.4 cm³/mol. The van der Waals surface area contributed by atoms with Gasteiger partial charge in [0.05, 0.1) is 23.5 Å². The zero-order chi connectivity index (χ0) is 12.4. The van der Waals surface area contributed by atoms with Gasteiger partial charge in [-0.05, 0) is 30.7 Å². The number of benzene rings is 1. The fraction of sp³-hybridized carbons (Fsp3) is 0.154. The normalized spacial score (nSPS) is 10.3. The number of hydrogen-bond donors (Lipinski definition) is 1. The number of pyridine rings is 1. The molecule has 0 saturated heterocycles. The SMILES string of the molecule is COc1cc(-c2ncc(C)cc2N)ccc1Cl. The van der Waals surface area contributed by atoms with Crippen molar-refractivity contribution in [1.29, 1.82) is 0 Å². The predicted octanol–water partition coefficient (Wildman–Crippen LogP) is 3.30. The summed E-state index contributed by atoms with van der Waals surface area (Å²) in [5.74, 6) is 0.617. The molecule has 17 heavy (non-hydrogen) atoms. The molecule has 0 atom stereocenters. The second kappa shape index (κ2) is 4.63. The van der Waals surface area contributed by atoms with Gasteiger partial charge in [-0.2, -0.15) is 0 Å². The molecule has 4 heteroatoms. The second-order valence-electron chi connectivity index (χ2n) is 3.80. The Bertz CT molecular complexity index is 555. The van der Waals surface area contributed by atoms with Crippen LogP contribution >= 0.6 is 11.6 Å². The fourth-order valence-electron chi connectivity index (χ4n) is 1.64. The minimum Gasteiger partial charge on any atom is -0.495 e. The molecule has 1 heterocycles. The van der Waals surface area contributed by atoms with E-state index in [9.17, 15) is 0 Å². The number of nitrogens with zero attached hydrogens (tertiary/aromatic N) is 1. The largest absolute Gasteiger partial charge is 0.495 e. The zero-order valence-electron chi connectivity index (χ0n) is 9.70. The lowest BCUT2D eigenvalue weighted by Crippen LogP contribution is -1.95. The number of halogens is 1. The number of aryl methyl sites for hydroxylation is 1. The third-order valence-electron chi connectivity index (χ3n) is 2.48. The van der Waals surface area contributed by atoms with Gasteiger partial charge in [-0.1, -0.05) is 17.7 Å². The molecule has 0 aliphatic heterocycles. The Morgan fingerprint density at radius 1 is 1.29 bits per heavy atom. The van der Waals surface area contributed by atoms with Crippen LogP contribution in [0.5, 0.6) is 5.75 Å². The average molecular weight is 249 g/mol. The van der Waals surface area contributed by atoms with Crippen molar-refractivity contribution in [1.82, 2.24) is 4.98 Å². The first-order valence-corrected chi connectivity index (χ1v) is 5.55. The molecule has 1 aromatic carbocycles. The molecule has 0 amide bonds. The monoisotopic (exact) mass is 248 g/mol. The van der Waals surface area contributed by atoms with Gasteiger partial charge in [-0.25, -0.2) is 0 Å². The number of rotatable bonds is 2. The molecule has 0 spiro atoms. The molecular formula is C13H13ClN2O. The van der Waals surface area contributed by atoms with Crippen molar-refractivity contribution < 1.29 is 4.74 Å². The van der Waals surface area contributed by atoms with Crippen LogP contribution in [0, 0.1) is 6.92 Å². The summed E-state index contributed by atoms with van der Waals surface area (Å²) in [5.41, 5.74) is 9.26. The van der Waals surface area contributed by atoms with E-state index < -0.39 is 0 Å². The highest BCUT2D eigenvalue weighted by molar-refractivity contribution is 6.32. The van der Waals surface area contributed by atoms with Crippen molar-refractivity contribution in [2.24, 2.45) is 0 Å². The molecular weight excluding hydrogens is 236 g/mol. The van der Waals surface area contributed by atoms with E-state index in [-0.39, 0.29) is 0 Å². The summed E-state index contributed by atoms with van der Waals surface area (Å²) in [4.78, 5) is 4.33. The summed E-state index contributed by atoms with van der Waals surface area (Å²) in [6.07, 6.45) is 1.78. The van der Waals surface area contributed by atoms with Crippen LogP contribution in [-0.2, 0) is 0 Å². The molecule has 2 N–H and O–H groups in total. The molecule has 0 unspecified atom stereocenters. The highest BCUT2D eigenvalue weighted by Crippen LogP contribution is 2.31. The van der Waals surface area contributed by atoms with Crippen molar-refractivity contribution in [3.05, 3.63) is 41.0 Å². The van der Waals surface area contributed by atoms with Crippen molar-refractivity contribution in [2.45, 2.75) is 6.92 Å². The number of nitrogen functional groups attached to an aromatic ring is 1. The highest BCUT2D eigenvalue weighted by Gasteiger charge is 2.08. The Morgan fingerprint density at radius 3 is 2.71 bits per heavy atom. The smallest absolute Gasteiger partial charge is 0.138 e. The first-order valence-electron chi connectivity index (χ1n) is 5.18. The Labute approximate surface area is 105 Å². The van der Waals surface area contributed by atoms with E-state index in [2.05, 4.69) is 4.98 Å². The van der Waals surface area contributed by atoms with Gasteiger partial charge in [0.2, 0.25) is 0 Å². The Balaban J connectivity index is 2.53. The minimum atomic E-state index is 0.571. The fourth-order valence-corrected chi connectivity index (χ4v) is 1.83. The van der Waals surface area contributed by atoms with Crippen LogP contribution in [0.1, 0.15) is 5.56 Å². The standard InChI is InChI=1S/C13H13ClN2O/c1-8-5-11(15)13(16-7-8)9-3-4-10(14)12(6-9)17-2/h3-7H,15H2,1-2H3. The summed E-state index contributed by atoms with van der Waals surface area (Å²) in [6.45, 7) is 1.95. The number of aromatic nitrogens is 1. The van der Waals surface area contributed by atoms with E-state index in [1.165, 1.54) is 0 Å².